The van der Waals surface area contributed by atoms with Gasteiger partial charge in [0.25, 0.3) is 0 Å². The third-order valence-electron chi connectivity index (χ3n) is 2.44. The van der Waals surface area contributed by atoms with E-state index in [1.165, 1.54) is 0 Å². The second-order valence-corrected chi connectivity index (χ2v) is 6.38. The van der Waals surface area contributed by atoms with Crippen LogP contribution in [0.4, 0.5) is 9.18 Å². The molecule has 1 N–H and O–H groups in total. The molecule has 0 saturated heterocycles. The molecule has 0 aliphatic carbocycles. The number of amides is 1. The molecule has 0 bridgehead atoms. The van der Waals surface area contributed by atoms with Crippen molar-refractivity contribution in [3.8, 4) is 0 Å². The fraction of sp³-hybridized carbons (Fsp3) is 0.846. The number of ketones is 1. The van der Waals surface area contributed by atoms with Gasteiger partial charge in [0.2, 0.25) is 0 Å². The van der Waals surface area contributed by atoms with Gasteiger partial charge in [-0.25, -0.2) is 9.18 Å². The van der Waals surface area contributed by atoms with E-state index in [2.05, 4.69) is 10.1 Å². The number of carbonyl (C=O) groups is 2. The number of hydrogen-bond donors (Lipinski definition) is 1. The Morgan fingerprint density at radius 1 is 1.17 bits per heavy atom. The molecule has 1 atom stereocenters. The Bertz CT molecular complexity index is 302. The molecule has 106 valence electrons. The second kappa shape index (κ2) is 6.16. The third-order valence-corrected chi connectivity index (χ3v) is 2.44. The van der Waals surface area contributed by atoms with Gasteiger partial charge in [-0.15, -0.1) is 0 Å². The minimum Gasteiger partial charge on any atom is -0.447 e. The van der Waals surface area contributed by atoms with Crippen LogP contribution in [0, 0.1) is 10.8 Å². The molecule has 0 heterocycles. The van der Waals surface area contributed by atoms with Gasteiger partial charge in [0, 0.05) is 5.41 Å². The van der Waals surface area contributed by atoms with Crippen LogP contribution in [-0.4, -0.2) is 31.2 Å². The fourth-order valence-corrected chi connectivity index (χ4v) is 1.40. The Hall–Kier alpha value is -1.13. The Morgan fingerprint density at radius 3 is 2.00 bits per heavy atom. The first-order valence-corrected chi connectivity index (χ1v) is 6.03. The number of carbonyl (C=O) groups excluding carboxylic acids is 2. The van der Waals surface area contributed by atoms with Crippen molar-refractivity contribution in [2.24, 2.45) is 10.8 Å². The van der Waals surface area contributed by atoms with E-state index in [1.807, 2.05) is 20.8 Å². The summed E-state index contributed by atoms with van der Waals surface area (Å²) in [6.07, 6.45) is -0.759. The van der Waals surface area contributed by atoms with E-state index < -0.39 is 29.6 Å². The van der Waals surface area contributed by atoms with Gasteiger partial charge in [-0.3, -0.25) is 4.79 Å². The van der Waals surface area contributed by atoms with E-state index in [-0.39, 0.29) is 12.4 Å². The van der Waals surface area contributed by atoms with Crippen LogP contribution in [0.2, 0.25) is 0 Å². The fourth-order valence-electron chi connectivity index (χ4n) is 1.40. The van der Waals surface area contributed by atoms with E-state index >= 15 is 0 Å². The molecule has 1 unspecified atom stereocenters. The number of rotatable bonds is 4. The lowest BCUT2D eigenvalue weighted by atomic mass is 9.76. The van der Waals surface area contributed by atoms with Gasteiger partial charge in [0.15, 0.2) is 5.78 Å². The van der Waals surface area contributed by atoms with Crippen LogP contribution in [0.25, 0.3) is 0 Å². The minimum absolute atomic E-state index is 0.0767. The lowest BCUT2D eigenvalue weighted by molar-refractivity contribution is -0.130. The summed E-state index contributed by atoms with van der Waals surface area (Å²) < 4.78 is 16.5. The van der Waals surface area contributed by atoms with Gasteiger partial charge in [0.1, 0.15) is 13.3 Å². The zero-order valence-electron chi connectivity index (χ0n) is 12.1. The molecule has 0 saturated carbocycles. The van der Waals surface area contributed by atoms with Crippen molar-refractivity contribution in [1.29, 1.82) is 0 Å². The van der Waals surface area contributed by atoms with Crippen LogP contribution in [0.1, 0.15) is 41.5 Å². The van der Waals surface area contributed by atoms with Crippen molar-refractivity contribution < 1.29 is 18.7 Å². The highest BCUT2D eigenvalue weighted by Gasteiger charge is 2.38. The SMILES string of the molecule is CC(C)(C)C(=O)C(NC(=O)OCCF)C(C)(C)C. The van der Waals surface area contributed by atoms with Gasteiger partial charge < -0.3 is 10.1 Å². The lowest BCUT2D eigenvalue weighted by Crippen LogP contribution is -2.52. The van der Waals surface area contributed by atoms with Crippen molar-refractivity contribution in [2.45, 2.75) is 47.6 Å². The van der Waals surface area contributed by atoms with Gasteiger partial charge in [-0.1, -0.05) is 41.5 Å². The topological polar surface area (TPSA) is 55.4 Å². The average molecular weight is 261 g/mol. The predicted octanol–water partition coefficient (Wildman–Crippen LogP) is 2.71. The second-order valence-electron chi connectivity index (χ2n) is 6.38. The smallest absolute Gasteiger partial charge is 0.407 e. The summed E-state index contributed by atoms with van der Waals surface area (Å²) in [6, 6.07) is -0.662. The molecule has 0 aliphatic rings. The Labute approximate surface area is 108 Å². The minimum atomic E-state index is -0.759. The largest absolute Gasteiger partial charge is 0.447 e. The number of halogens is 1. The van der Waals surface area contributed by atoms with Crippen molar-refractivity contribution in [2.75, 3.05) is 13.3 Å². The zero-order valence-corrected chi connectivity index (χ0v) is 12.1. The highest BCUT2D eigenvalue weighted by atomic mass is 19.1. The summed E-state index contributed by atoms with van der Waals surface area (Å²) >= 11 is 0. The molecule has 0 rings (SSSR count). The molecule has 0 aromatic heterocycles. The first-order valence-electron chi connectivity index (χ1n) is 6.03. The van der Waals surface area contributed by atoms with Crippen molar-refractivity contribution in [1.82, 2.24) is 5.32 Å². The Kier molecular flexibility index (Phi) is 5.77. The van der Waals surface area contributed by atoms with Crippen LogP contribution in [0.3, 0.4) is 0 Å². The number of ether oxygens (including phenoxy) is 1. The van der Waals surface area contributed by atoms with Gasteiger partial charge in [-0.2, -0.15) is 0 Å². The molecule has 0 aromatic carbocycles. The van der Waals surface area contributed by atoms with Crippen LogP contribution >= 0.6 is 0 Å². The molecule has 0 fully saturated rings. The molecule has 0 aromatic rings. The highest BCUT2D eigenvalue weighted by Crippen LogP contribution is 2.27. The summed E-state index contributed by atoms with van der Waals surface area (Å²) in [4.78, 5) is 23.7. The molecular weight excluding hydrogens is 237 g/mol. The monoisotopic (exact) mass is 261 g/mol. The molecule has 5 heteroatoms. The molecule has 0 spiro atoms. The van der Waals surface area contributed by atoms with Crippen molar-refractivity contribution in [3.63, 3.8) is 0 Å². The van der Waals surface area contributed by atoms with Crippen LogP contribution in [0.15, 0.2) is 0 Å². The Morgan fingerprint density at radius 2 is 1.67 bits per heavy atom. The number of hydrogen-bond acceptors (Lipinski definition) is 3. The quantitative estimate of drug-likeness (QED) is 0.846. The standard InChI is InChI=1S/C13H24FNO3/c1-12(2,3)9(10(16)13(4,5)6)15-11(17)18-8-7-14/h9H,7-8H2,1-6H3,(H,15,17). The maximum atomic E-state index is 12.3. The number of alkyl halides is 1. The van der Waals surface area contributed by atoms with E-state index in [4.69, 9.17) is 0 Å². The van der Waals surface area contributed by atoms with Gasteiger partial charge in [-0.05, 0) is 5.41 Å². The van der Waals surface area contributed by atoms with Crippen molar-refractivity contribution >= 4 is 11.9 Å². The van der Waals surface area contributed by atoms with Gasteiger partial charge in [0.05, 0.1) is 6.04 Å². The highest BCUT2D eigenvalue weighted by molar-refractivity contribution is 5.91. The van der Waals surface area contributed by atoms with E-state index in [1.54, 1.807) is 20.8 Å². The lowest BCUT2D eigenvalue weighted by Gasteiger charge is -2.34. The predicted molar refractivity (Wildman–Crippen MR) is 68.2 cm³/mol. The van der Waals surface area contributed by atoms with Crippen LogP contribution in [0.5, 0.6) is 0 Å². The third kappa shape index (κ3) is 5.47. The van der Waals surface area contributed by atoms with E-state index in [0.29, 0.717) is 0 Å². The van der Waals surface area contributed by atoms with E-state index in [9.17, 15) is 14.0 Å². The molecule has 18 heavy (non-hydrogen) atoms. The number of nitrogens with one attached hydrogen (secondary N) is 1. The summed E-state index contributed by atoms with van der Waals surface area (Å²) in [7, 11) is 0. The first-order chi connectivity index (χ1) is 8.00. The van der Waals surface area contributed by atoms with Crippen LogP contribution in [-0.2, 0) is 9.53 Å². The average Bonchev–Trinajstić information content (AvgIpc) is 2.19. The molecule has 1 amide bonds. The summed E-state index contributed by atoms with van der Waals surface area (Å²) in [5, 5.41) is 2.52. The number of alkyl carbamates (subject to hydrolysis) is 1. The zero-order chi connectivity index (χ0) is 14.6. The van der Waals surface area contributed by atoms with Crippen LogP contribution < -0.4 is 5.32 Å². The van der Waals surface area contributed by atoms with Gasteiger partial charge >= 0.3 is 6.09 Å². The first kappa shape index (κ1) is 16.9. The molecular formula is C13H24FNO3. The number of Topliss-reactive ketones (excluding diaryl/α,β-unsaturated/α-hetero) is 1. The maximum Gasteiger partial charge on any atom is 0.407 e. The Balaban J connectivity index is 4.83. The maximum absolute atomic E-state index is 12.3. The summed E-state index contributed by atoms with van der Waals surface area (Å²) in [5.74, 6) is -0.0767. The molecule has 0 radical (unpaired) electrons. The van der Waals surface area contributed by atoms with Crippen molar-refractivity contribution in [3.05, 3.63) is 0 Å². The van der Waals surface area contributed by atoms with E-state index in [0.717, 1.165) is 0 Å². The normalized spacial score (nSPS) is 13.9. The molecule has 0 aliphatic heterocycles. The molecule has 4 nitrogen and oxygen atoms in total. The summed E-state index contributed by atoms with van der Waals surface area (Å²) in [6.45, 7) is 9.92. The summed E-state index contributed by atoms with van der Waals surface area (Å²) in [5.41, 5.74) is -0.996.